The minimum absolute atomic E-state index is 0.114. The molecular weight excluding hydrogens is 355 g/mol. The smallest absolute Gasteiger partial charge is 0.226 e. The molecule has 0 aliphatic carbocycles. The maximum Gasteiger partial charge on any atom is 0.226 e. The summed E-state index contributed by atoms with van der Waals surface area (Å²) in [6, 6.07) is 11.6. The van der Waals surface area contributed by atoms with Crippen molar-refractivity contribution in [3.63, 3.8) is 0 Å². The fourth-order valence-electron chi connectivity index (χ4n) is 2.26. The van der Waals surface area contributed by atoms with Crippen molar-refractivity contribution in [1.82, 2.24) is 10.6 Å². The zero-order valence-electron chi connectivity index (χ0n) is 14.8. The van der Waals surface area contributed by atoms with Gasteiger partial charge in [-0.15, -0.1) is 0 Å². The lowest BCUT2D eigenvalue weighted by molar-refractivity contribution is -0.116. The van der Waals surface area contributed by atoms with Crippen molar-refractivity contribution >= 4 is 29.2 Å². The van der Waals surface area contributed by atoms with E-state index in [0.29, 0.717) is 29.8 Å². The summed E-state index contributed by atoms with van der Waals surface area (Å²) in [6.45, 7) is 2.79. The summed E-state index contributed by atoms with van der Waals surface area (Å²) in [5.74, 6) is 0.190. The van der Waals surface area contributed by atoms with Crippen LogP contribution in [0.25, 0.3) is 0 Å². The van der Waals surface area contributed by atoms with Gasteiger partial charge in [-0.05, 0) is 42.3 Å². The Balaban J connectivity index is 1.75. The van der Waals surface area contributed by atoms with Gasteiger partial charge in [0.1, 0.15) is 5.82 Å². The molecule has 1 amide bonds. The second-order valence-electron chi connectivity index (χ2n) is 5.69. The van der Waals surface area contributed by atoms with E-state index in [-0.39, 0.29) is 18.1 Å². The van der Waals surface area contributed by atoms with E-state index >= 15 is 0 Å². The summed E-state index contributed by atoms with van der Waals surface area (Å²) >= 11 is 6.05. The summed E-state index contributed by atoms with van der Waals surface area (Å²) < 4.78 is 12.9. The van der Waals surface area contributed by atoms with Crippen LogP contribution in [0.3, 0.4) is 0 Å². The number of amides is 1. The van der Waals surface area contributed by atoms with E-state index in [0.717, 1.165) is 11.1 Å². The molecule has 138 valence electrons. The molecule has 2 aromatic carbocycles. The highest BCUT2D eigenvalue weighted by atomic mass is 35.5. The SMILES string of the molecule is CN=C(NCCC(=O)Nc1cccc(Cl)c1C)NCc1ccc(F)cc1. The molecule has 0 unspecified atom stereocenters. The van der Waals surface area contributed by atoms with E-state index in [1.165, 1.54) is 12.1 Å². The zero-order valence-corrected chi connectivity index (χ0v) is 15.5. The van der Waals surface area contributed by atoms with Gasteiger partial charge in [0, 0.05) is 37.3 Å². The van der Waals surface area contributed by atoms with Crippen molar-refractivity contribution in [3.8, 4) is 0 Å². The molecule has 26 heavy (non-hydrogen) atoms. The summed E-state index contributed by atoms with van der Waals surface area (Å²) in [6.07, 6.45) is 0.281. The molecule has 0 fully saturated rings. The molecule has 0 atom stereocenters. The van der Waals surface area contributed by atoms with Crippen molar-refractivity contribution in [2.75, 3.05) is 18.9 Å². The average Bonchev–Trinajstić information content (AvgIpc) is 2.63. The van der Waals surface area contributed by atoms with Crippen LogP contribution >= 0.6 is 11.6 Å². The van der Waals surface area contributed by atoms with Gasteiger partial charge in [-0.1, -0.05) is 29.8 Å². The summed E-state index contributed by atoms with van der Waals surface area (Å²) in [5.41, 5.74) is 2.48. The molecule has 2 rings (SSSR count). The van der Waals surface area contributed by atoms with Crippen LogP contribution in [0.5, 0.6) is 0 Å². The summed E-state index contributed by atoms with van der Waals surface area (Å²) in [7, 11) is 1.65. The number of nitrogens with zero attached hydrogens (tertiary/aromatic N) is 1. The Kier molecular flexibility index (Phi) is 7.41. The molecular formula is C19H22ClFN4O. The molecule has 2 aromatic rings. The number of hydrogen-bond donors (Lipinski definition) is 3. The minimum atomic E-state index is -0.266. The Labute approximate surface area is 157 Å². The van der Waals surface area contributed by atoms with Crippen LogP contribution in [-0.2, 0) is 11.3 Å². The maximum atomic E-state index is 12.9. The Hall–Kier alpha value is -2.60. The second-order valence-corrected chi connectivity index (χ2v) is 6.10. The van der Waals surface area contributed by atoms with Crippen molar-refractivity contribution in [2.24, 2.45) is 4.99 Å². The predicted molar refractivity (Wildman–Crippen MR) is 104 cm³/mol. The first kappa shape index (κ1) is 19.7. The molecule has 0 aromatic heterocycles. The summed E-state index contributed by atoms with van der Waals surface area (Å²) in [4.78, 5) is 16.2. The molecule has 0 spiro atoms. The first-order valence-electron chi connectivity index (χ1n) is 8.23. The molecule has 0 bridgehead atoms. The Morgan fingerprint density at radius 2 is 1.88 bits per heavy atom. The van der Waals surface area contributed by atoms with Crippen LogP contribution in [0.4, 0.5) is 10.1 Å². The largest absolute Gasteiger partial charge is 0.356 e. The lowest BCUT2D eigenvalue weighted by Crippen LogP contribution is -2.38. The minimum Gasteiger partial charge on any atom is -0.356 e. The van der Waals surface area contributed by atoms with Crippen molar-refractivity contribution in [1.29, 1.82) is 0 Å². The quantitative estimate of drug-likeness (QED) is 0.534. The fourth-order valence-corrected chi connectivity index (χ4v) is 2.43. The van der Waals surface area contributed by atoms with Crippen molar-refractivity contribution in [3.05, 3.63) is 64.4 Å². The van der Waals surface area contributed by atoms with Gasteiger partial charge in [0.15, 0.2) is 5.96 Å². The highest BCUT2D eigenvalue weighted by Gasteiger charge is 2.07. The number of rotatable bonds is 6. The maximum absolute atomic E-state index is 12.9. The molecule has 0 radical (unpaired) electrons. The van der Waals surface area contributed by atoms with E-state index < -0.39 is 0 Å². The van der Waals surface area contributed by atoms with Crippen LogP contribution in [0.15, 0.2) is 47.5 Å². The molecule has 0 heterocycles. The standard InChI is InChI=1S/C19H22ClFN4O/c1-13-16(20)4-3-5-17(13)25-18(26)10-11-23-19(22-2)24-12-14-6-8-15(21)9-7-14/h3-9H,10-12H2,1-2H3,(H,25,26)(H2,22,23,24). The third-order valence-electron chi connectivity index (χ3n) is 3.78. The van der Waals surface area contributed by atoms with Gasteiger partial charge in [0.25, 0.3) is 0 Å². The van der Waals surface area contributed by atoms with Crippen molar-refractivity contribution < 1.29 is 9.18 Å². The van der Waals surface area contributed by atoms with Gasteiger partial charge in [0.2, 0.25) is 5.91 Å². The van der Waals surface area contributed by atoms with Crippen LogP contribution in [-0.4, -0.2) is 25.5 Å². The number of hydrogen-bond acceptors (Lipinski definition) is 2. The van der Waals surface area contributed by atoms with Gasteiger partial charge >= 0.3 is 0 Å². The number of carbonyl (C=O) groups excluding carboxylic acids is 1. The lowest BCUT2D eigenvalue weighted by atomic mass is 10.2. The van der Waals surface area contributed by atoms with Crippen LogP contribution in [0.1, 0.15) is 17.5 Å². The predicted octanol–water partition coefficient (Wildman–Crippen LogP) is 3.48. The van der Waals surface area contributed by atoms with Crippen molar-refractivity contribution in [2.45, 2.75) is 19.9 Å². The average molecular weight is 377 g/mol. The number of carbonyl (C=O) groups is 1. The Morgan fingerprint density at radius 1 is 1.15 bits per heavy atom. The third kappa shape index (κ3) is 6.04. The topological polar surface area (TPSA) is 65.5 Å². The van der Waals surface area contributed by atoms with Gasteiger partial charge in [-0.25, -0.2) is 4.39 Å². The first-order valence-corrected chi connectivity index (χ1v) is 8.61. The number of nitrogens with one attached hydrogen (secondary N) is 3. The fraction of sp³-hybridized carbons (Fsp3) is 0.263. The number of aliphatic imine (C=N–C) groups is 1. The molecule has 3 N–H and O–H groups in total. The van der Waals surface area contributed by atoms with E-state index in [4.69, 9.17) is 11.6 Å². The highest BCUT2D eigenvalue weighted by molar-refractivity contribution is 6.31. The van der Waals surface area contributed by atoms with Gasteiger partial charge in [-0.3, -0.25) is 9.79 Å². The Morgan fingerprint density at radius 3 is 2.58 bits per heavy atom. The zero-order chi connectivity index (χ0) is 18.9. The number of anilines is 1. The lowest BCUT2D eigenvalue weighted by Gasteiger charge is -2.13. The van der Waals surface area contributed by atoms with Gasteiger partial charge in [-0.2, -0.15) is 0 Å². The first-order chi connectivity index (χ1) is 12.5. The van der Waals surface area contributed by atoms with Gasteiger partial charge in [0.05, 0.1) is 0 Å². The monoisotopic (exact) mass is 376 g/mol. The van der Waals surface area contributed by atoms with E-state index in [9.17, 15) is 9.18 Å². The number of guanidine groups is 1. The van der Waals surface area contributed by atoms with Crippen LogP contribution in [0, 0.1) is 12.7 Å². The van der Waals surface area contributed by atoms with Gasteiger partial charge < -0.3 is 16.0 Å². The molecule has 0 saturated carbocycles. The second kappa shape index (κ2) is 9.77. The summed E-state index contributed by atoms with van der Waals surface area (Å²) in [5, 5.41) is 9.65. The Bertz CT molecular complexity index is 778. The van der Waals surface area contributed by atoms with E-state index in [2.05, 4.69) is 20.9 Å². The number of benzene rings is 2. The van der Waals surface area contributed by atoms with Crippen LogP contribution < -0.4 is 16.0 Å². The molecule has 0 saturated heterocycles. The number of halogens is 2. The molecule has 5 nitrogen and oxygen atoms in total. The van der Waals surface area contributed by atoms with E-state index in [1.807, 2.05) is 13.0 Å². The molecule has 0 aliphatic rings. The third-order valence-corrected chi connectivity index (χ3v) is 4.19. The normalized spacial score (nSPS) is 11.2. The highest BCUT2D eigenvalue weighted by Crippen LogP contribution is 2.22. The van der Waals surface area contributed by atoms with Crippen LogP contribution in [0.2, 0.25) is 5.02 Å². The van der Waals surface area contributed by atoms with E-state index in [1.54, 1.807) is 31.3 Å². The molecule has 7 heteroatoms. The molecule has 0 aliphatic heterocycles.